The molecule has 1 amide bonds. The lowest BCUT2D eigenvalue weighted by Gasteiger charge is -2.27. The van der Waals surface area contributed by atoms with Gasteiger partial charge in [0.1, 0.15) is 11.5 Å². The molecule has 2 aliphatic rings. The average molecular weight is 315 g/mol. The van der Waals surface area contributed by atoms with Gasteiger partial charge in [-0.1, -0.05) is 12.2 Å². The van der Waals surface area contributed by atoms with Gasteiger partial charge < -0.3 is 14.4 Å². The lowest BCUT2D eigenvalue weighted by Crippen LogP contribution is -2.31. The highest BCUT2D eigenvalue weighted by Crippen LogP contribution is 2.39. The van der Waals surface area contributed by atoms with Crippen molar-refractivity contribution in [1.82, 2.24) is 4.90 Å². The first-order valence-electron chi connectivity index (χ1n) is 8.41. The predicted octanol–water partition coefficient (Wildman–Crippen LogP) is 3.72. The Kier molecular flexibility index (Phi) is 4.89. The Balaban J connectivity index is 1.80. The maximum absolute atomic E-state index is 12.8. The first-order valence-corrected chi connectivity index (χ1v) is 8.41. The van der Waals surface area contributed by atoms with Gasteiger partial charge in [-0.05, 0) is 49.8 Å². The number of allylic oxidation sites excluding steroid dienone is 2. The number of rotatable bonds is 5. The molecule has 1 fully saturated rings. The van der Waals surface area contributed by atoms with Crippen LogP contribution in [0.2, 0.25) is 0 Å². The van der Waals surface area contributed by atoms with Crippen LogP contribution in [0, 0.1) is 5.92 Å². The maximum Gasteiger partial charge on any atom is 0.223 e. The molecule has 23 heavy (non-hydrogen) atoms. The normalized spacial score (nSPS) is 23.3. The number of likely N-dealkylation sites (tertiary alicyclic amines) is 1. The smallest absolute Gasteiger partial charge is 0.223 e. The van der Waals surface area contributed by atoms with Gasteiger partial charge in [0.2, 0.25) is 5.91 Å². The van der Waals surface area contributed by atoms with Crippen molar-refractivity contribution in [2.24, 2.45) is 5.92 Å². The molecule has 1 aliphatic heterocycles. The number of carbonyl (C=O) groups is 1. The second-order valence-corrected chi connectivity index (χ2v) is 6.32. The zero-order chi connectivity index (χ0) is 16.2. The summed E-state index contributed by atoms with van der Waals surface area (Å²) in [6, 6.07) is 5.92. The number of ether oxygens (including phenoxy) is 2. The van der Waals surface area contributed by atoms with Crippen LogP contribution < -0.4 is 9.47 Å². The van der Waals surface area contributed by atoms with Crippen LogP contribution in [0.5, 0.6) is 11.5 Å². The Hall–Kier alpha value is -1.97. The van der Waals surface area contributed by atoms with Crippen molar-refractivity contribution in [3.8, 4) is 11.5 Å². The van der Waals surface area contributed by atoms with E-state index in [0.717, 1.165) is 49.3 Å². The van der Waals surface area contributed by atoms with Crippen LogP contribution >= 0.6 is 0 Å². The molecule has 124 valence electrons. The summed E-state index contributed by atoms with van der Waals surface area (Å²) in [5.74, 6) is 2.31. The molecule has 1 saturated heterocycles. The molecule has 4 heteroatoms. The summed E-state index contributed by atoms with van der Waals surface area (Å²) in [5.41, 5.74) is 1.06. The molecular weight excluding hydrogens is 290 g/mol. The number of amides is 1. The van der Waals surface area contributed by atoms with Gasteiger partial charge in [-0.15, -0.1) is 0 Å². The Morgan fingerprint density at radius 2 is 2.13 bits per heavy atom. The minimum absolute atomic E-state index is 0.0953. The summed E-state index contributed by atoms with van der Waals surface area (Å²) in [6.45, 7) is 0.834. The van der Waals surface area contributed by atoms with Crippen molar-refractivity contribution in [2.75, 3.05) is 20.8 Å². The molecule has 0 radical (unpaired) electrons. The van der Waals surface area contributed by atoms with Crippen LogP contribution in [0.4, 0.5) is 0 Å². The maximum atomic E-state index is 12.8. The van der Waals surface area contributed by atoms with Gasteiger partial charge in [-0.3, -0.25) is 4.79 Å². The minimum atomic E-state index is 0.0953. The Morgan fingerprint density at radius 3 is 2.83 bits per heavy atom. The first-order chi connectivity index (χ1) is 11.2. The third-order valence-corrected chi connectivity index (χ3v) is 4.92. The van der Waals surface area contributed by atoms with Gasteiger partial charge in [0.05, 0.1) is 20.3 Å². The van der Waals surface area contributed by atoms with E-state index in [-0.39, 0.29) is 11.9 Å². The molecule has 0 aromatic heterocycles. The van der Waals surface area contributed by atoms with Crippen LogP contribution in [0.3, 0.4) is 0 Å². The van der Waals surface area contributed by atoms with Gasteiger partial charge in [-0.2, -0.15) is 0 Å². The molecule has 1 aliphatic carbocycles. The summed E-state index contributed by atoms with van der Waals surface area (Å²) in [5, 5.41) is 0. The van der Waals surface area contributed by atoms with E-state index in [9.17, 15) is 4.79 Å². The van der Waals surface area contributed by atoms with Crippen molar-refractivity contribution >= 4 is 5.91 Å². The van der Waals surface area contributed by atoms with Crippen molar-refractivity contribution in [1.29, 1.82) is 0 Å². The number of benzene rings is 1. The molecule has 0 unspecified atom stereocenters. The summed E-state index contributed by atoms with van der Waals surface area (Å²) in [6.07, 6.45) is 9.23. The van der Waals surface area contributed by atoms with E-state index >= 15 is 0 Å². The standard InChI is InChI=1S/C19H25NO3/c1-22-15-9-10-18(23-2)16(13-15)17-8-5-11-20(17)19(21)12-14-6-3-4-7-14/h3,6,9-10,13-14,17H,4-5,7-8,11-12H2,1-2H3/t14-,17+/m1/s1. The lowest BCUT2D eigenvalue weighted by molar-refractivity contribution is -0.132. The molecule has 2 atom stereocenters. The summed E-state index contributed by atoms with van der Waals surface area (Å²) < 4.78 is 10.9. The zero-order valence-electron chi connectivity index (χ0n) is 14.0. The van der Waals surface area contributed by atoms with Crippen LogP contribution in [-0.2, 0) is 4.79 Å². The Labute approximate surface area is 138 Å². The highest BCUT2D eigenvalue weighted by molar-refractivity contribution is 5.77. The minimum Gasteiger partial charge on any atom is -0.497 e. The topological polar surface area (TPSA) is 38.8 Å². The van der Waals surface area contributed by atoms with Crippen LogP contribution in [-0.4, -0.2) is 31.6 Å². The molecule has 0 bridgehead atoms. The van der Waals surface area contributed by atoms with Crippen LogP contribution in [0.15, 0.2) is 30.4 Å². The van der Waals surface area contributed by atoms with E-state index in [2.05, 4.69) is 12.2 Å². The largest absolute Gasteiger partial charge is 0.497 e. The van der Waals surface area contributed by atoms with Gasteiger partial charge in [0.15, 0.2) is 0 Å². The third kappa shape index (κ3) is 3.36. The van der Waals surface area contributed by atoms with Crippen molar-refractivity contribution in [2.45, 2.75) is 38.1 Å². The van der Waals surface area contributed by atoms with Gasteiger partial charge in [0, 0.05) is 18.5 Å². The SMILES string of the molecule is COc1ccc(OC)c([C@@H]2CCCN2C(=O)C[C@@H]2C=CCC2)c1. The monoisotopic (exact) mass is 315 g/mol. The summed E-state index contributed by atoms with van der Waals surface area (Å²) >= 11 is 0. The van der Waals surface area contributed by atoms with Crippen molar-refractivity contribution < 1.29 is 14.3 Å². The van der Waals surface area contributed by atoms with Crippen molar-refractivity contribution in [3.63, 3.8) is 0 Å². The van der Waals surface area contributed by atoms with Crippen LogP contribution in [0.1, 0.15) is 43.7 Å². The molecule has 0 spiro atoms. The summed E-state index contributed by atoms with van der Waals surface area (Å²) in [4.78, 5) is 14.8. The number of hydrogen-bond acceptors (Lipinski definition) is 3. The van der Waals surface area contributed by atoms with E-state index in [1.54, 1.807) is 14.2 Å². The third-order valence-electron chi connectivity index (χ3n) is 4.92. The zero-order valence-corrected chi connectivity index (χ0v) is 14.0. The first kappa shape index (κ1) is 15.9. The molecular formula is C19H25NO3. The molecule has 1 aromatic carbocycles. The van der Waals surface area contributed by atoms with E-state index in [4.69, 9.17) is 9.47 Å². The van der Waals surface area contributed by atoms with E-state index < -0.39 is 0 Å². The van der Waals surface area contributed by atoms with E-state index in [1.807, 2.05) is 23.1 Å². The number of nitrogens with zero attached hydrogens (tertiary/aromatic N) is 1. The van der Waals surface area contributed by atoms with Crippen LogP contribution in [0.25, 0.3) is 0 Å². The fraction of sp³-hybridized carbons (Fsp3) is 0.526. The van der Waals surface area contributed by atoms with Gasteiger partial charge in [0.25, 0.3) is 0 Å². The second-order valence-electron chi connectivity index (χ2n) is 6.32. The highest BCUT2D eigenvalue weighted by Gasteiger charge is 2.32. The average Bonchev–Trinajstić information content (AvgIpc) is 3.25. The number of hydrogen-bond donors (Lipinski definition) is 0. The summed E-state index contributed by atoms with van der Waals surface area (Å²) in [7, 11) is 3.34. The van der Waals surface area contributed by atoms with Gasteiger partial charge >= 0.3 is 0 Å². The predicted molar refractivity (Wildman–Crippen MR) is 89.7 cm³/mol. The lowest BCUT2D eigenvalue weighted by atomic mass is 10.0. The van der Waals surface area contributed by atoms with E-state index in [0.29, 0.717) is 12.3 Å². The Morgan fingerprint density at radius 1 is 1.26 bits per heavy atom. The number of carbonyl (C=O) groups excluding carboxylic acids is 1. The Bertz CT molecular complexity index is 596. The molecule has 0 N–H and O–H groups in total. The van der Waals surface area contributed by atoms with E-state index in [1.165, 1.54) is 0 Å². The molecule has 1 aromatic rings. The molecule has 3 rings (SSSR count). The quantitative estimate of drug-likeness (QED) is 0.777. The number of methoxy groups -OCH3 is 2. The highest BCUT2D eigenvalue weighted by atomic mass is 16.5. The molecule has 1 heterocycles. The second kappa shape index (κ2) is 7.07. The fourth-order valence-electron chi connectivity index (χ4n) is 3.70. The molecule has 0 saturated carbocycles. The van der Waals surface area contributed by atoms with Crippen molar-refractivity contribution in [3.05, 3.63) is 35.9 Å². The fourth-order valence-corrected chi connectivity index (χ4v) is 3.70. The van der Waals surface area contributed by atoms with Gasteiger partial charge in [-0.25, -0.2) is 0 Å². The molecule has 4 nitrogen and oxygen atoms in total.